The Hall–Kier alpha value is -3.33. The summed E-state index contributed by atoms with van der Waals surface area (Å²) in [6, 6.07) is 8.72. The van der Waals surface area contributed by atoms with Crippen LogP contribution < -0.4 is 15.9 Å². The standard InChI is InChI=1S/C15H12ClN5O4/c1-23-12-4-2-8(6-10(12)16)11-5-3-9(24-11)7-18-19-15(22)13-14(17)21-25-20-13/h2-7H,1H3,(H2,17,21)(H,19,22)/b18-7+. The fraction of sp³-hybridized carbons (Fsp3) is 0.0667. The average molecular weight is 362 g/mol. The molecule has 1 aromatic carbocycles. The van der Waals surface area contributed by atoms with E-state index in [4.69, 9.17) is 26.5 Å². The van der Waals surface area contributed by atoms with Crippen LogP contribution in [0.5, 0.6) is 5.75 Å². The first-order chi connectivity index (χ1) is 12.1. The van der Waals surface area contributed by atoms with Gasteiger partial charge in [0.05, 0.1) is 18.3 Å². The van der Waals surface area contributed by atoms with Crippen molar-refractivity contribution >= 4 is 29.5 Å². The van der Waals surface area contributed by atoms with Crippen LogP contribution in [0.4, 0.5) is 5.82 Å². The lowest BCUT2D eigenvalue weighted by molar-refractivity contribution is 0.0946. The molecule has 9 nitrogen and oxygen atoms in total. The number of anilines is 1. The molecule has 0 radical (unpaired) electrons. The maximum absolute atomic E-state index is 11.7. The van der Waals surface area contributed by atoms with Crippen molar-refractivity contribution in [3.8, 4) is 17.1 Å². The van der Waals surface area contributed by atoms with E-state index in [-0.39, 0.29) is 11.5 Å². The summed E-state index contributed by atoms with van der Waals surface area (Å²) < 4.78 is 15.1. The number of furan rings is 1. The molecule has 3 aromatic rings. The summed E-state index contributed by atoms with van der Waals surface area (Å²) in [5.74, 6) is 0.812. The molecule has 0 saturated carbocycles. The second-order valence-corrected chi connectivity index (χ2v) is 5.16. The van der Waals surface area contributed by atoms with Crippen molar-refractivity contribution in [2.24, 2.45) is 5.10 Å². The third kappa shape index (κ3) is 3.61. The van der Waals surface area contributed by atoms with Crippen molar-refractivity contribution in [3.05, 3.63) is 46.8 Å². The first-order valence-electron chi connectivity index (χ1n) is 6.93. The van der Waals surface area contributed by atoms with E-state index in [1.807, 2.05) is 6.07 Å². The number of amides is 1. The zero-order valence-corrected chi connectivity index (χ0v) is 13.6. The van der Waals surface area contributed by atoms with Gasteiger partial charge in [-0.05, 0) is 40.6 Å². The number of carbonyl (C=O) groups excluding carboxylic acids is 1. The van der Waals surface area contributed by atoms with E-state index in [0.717, 1.165) is 5.56 Å². The molecule has 0 aliphatic carbocycles. The van der Waals surface area contributed by atoms with Gasteiger partial charge in [0, 0.05) is 5.56 Å². The topological polar surface area (TPSA) is 129 Å². The monoisotopic (exact) mass is 361 g/mol. The molecule has 128 valence electrons. The van der Waals surface area contributed by atoms with Gasteiger partial charge in [-0.2, -0.15) is 5.10 Å². The quantitative estimate of drug-likeness (QED) is 0.527. The highest BCUT2D eigenvalue weighted by Gasteiger charge is 2.15. The number of nitrogens with two attached hydrogens (primary N) is 1. The van der Waals surface area contributed by atoms with Gasteiger partial charge < -0.3 is 14.9 Å². The van der Waals surface area contributed by atoms with Crippen molar-refractivity contribution in [2.45, 2.75) is 0 Å². The summed E-state index contributed by atoms with van der Waals surface area (Å²) in [6.45, 7) is 0. The van der Waals surface area contributed by atoms with E-state index in [1.165, 1.54) is 6.21 Å². The summed E-state index contributed by atoms with van der Waals surface area (Å²) in [4.78, 5) is 11.7. The second-order valence-electron chi connectivity index (χ2n) is 4.75. The van der Waals surface area contributed by atoms with Crippen LogP contribution in [0.2, 0.25) is 5.02 Å². The number of rotatable bonds is 5. The van der Waals surface area contributed by atoms with Crippen LogP contribution in [0.1, 0.15) is 16.2 Å². The van der Waals surface area contributed by atoms with E-state index in [2.05, 4.69) is 25.5 Å². The van der Waals surface area contributed by atoms with Gasteiger partial charge >= 0.3 is 0 Å². The first kappa shape index (κ1) is 16.5. The molecule has 0 aliphatic rings. The van der Waals surface area contributed by atoms with E-state index in [9.17, 15) is 4.79 Å². The molecule has 2 heterocycles. The summed E-state index contributed by atoms with van der Waals surface area (Å²) in [6.07, 6.45) is 1.33. The number of benzene rings is 1. The molecule has 0 aliphatic heterocycles. The van der Waals surface area contributed by atoms with E-state index in [0.29, 0.717) is 22.3 Å². The Bertz CT molecular complexity index is 934. The summed E-state index contributed by atoms with van der Waals surface area (Å²) in [5.41, 5.74) is 8.27. The lowest BCUT2D eigenvalue weighted by Crippen LogP contribution is -2.19. The molecule has 3 rings (SSSR count). The van der Waals surface area contributed by atoms with Crippen molar-refractivity contribution in [1.82, 2.24) is 15.7 Å². The molecule has 0 bridgehead atoms. The Balaban J connectivity index is 1.68. The van der Waals surface area contributed by atoms with Gasteiger partial charge in [-0.1, -0.05) is 11.6 Å². The second kappa shape index (κ2) is 7.05. The van der Waals surface area contributed by atoms with E-state index in [1.54, 1.807) is 31.4 Å². The normalized spacial score (nSPS) is 11.0. The van der Waals surface area contributed by atoms with Gasteiger partial charge in [0.2, 0.25) is 11.5 Å². The molecule has 0 fully saturated rings. The van der Waals surface area contributed by atoms with E-state index < -0.39 is 5.91 Å². The number of hydrogen-bond donors (Lipinski definition) is 2. The predicted octanol–water partition coefficient (Wildman–Crippen LogP) is 2.34. The molecule has 0 spiro atoms. The number of halogens is 1. The predicted molar refractivity (Wildman–Crippen MR) is 89.5 cm³/mol. The highest BCUT2D eigenvalue weighted by Crippen LogP contribution is 2.30. The summed E-state index contributed by atoms with van der Waals surface area (Å²) in [5, 5.41) is 10.9. The molecule has 25 heavy (non-hydrogen) atoms. The highest BCUT2D eigenvalue weighted by molar-refractivity contribution is 6.32. The molecule has 2 aromatic heterocycles. The van der Waals surface area contributed by atoms with E-state index >= 15 is 0 Å². The molecule has 10 heteroatoms. The van der Waals surface area contributed by atoms with Crippen molar-refractivity contribution in [3.63, 3.8) is 0 Å². The number of carbonyl (C=O) groups is 1. The largest absolute Gasteiger partial charge is 0.495 e. The molecular formula is C15H12ClN5O4. The summed E-state index contributed by atoms with van der Waals surface area (Å²) in [7, 11) is 1.54. The molecule has 0 unspecified atom stereocenters. The van der Waals surface area contributed by atoms with Gasteiger partial charge in [0.15, 0.2) is 0 Å². The third-order valence-corrected chi connectivity index (χ3v) is 3.45. The Morgan fingerprint density at radius 2 is 2.20 bits per heavy atom. The SMILES string of the molecule is COc1ccc(-c2ccc(/C=N/NC(=O)c3nonc3N)o2)cc1Cl. The van der Waals surface area contributed by atoms with Crippen LogP contribution in [0, 0.1) is 0 Å². The number of hydrazone groups is 1. The number of nitrogen functional groups attached to an aromatic ring is 1. The Labute approximate surface area is 146 Å². The minimum Gasteiger partial charge on any atom is -0.495 e. The molecule has 0 atom stereocenters. The fourth-order valence-electron chi connectivity index (χ4n) is 1.96. The fourth-order valence-corrected chi connectivity index (χ4v) is 2.22. The zero-order chi connectivity index (χ0) is 17.8. The lowest BCUT2D eigenvalue weighted by Gasteiger charge is -2.04. The summed E-state index contributed by atoms with van der Waals surface area (Å²) >= 11 is 6.10. The number of nitrogens with one attached hydrogen (secondary N) is 1. The smallest absolute Gasteiger partial charge is 0.297 e. The maximum atomic E-state index is 11.7. The number of ether oxygens (including phenoxy) is 1. The maximum Gasteiger partial charge on any atom is 0.297 e. The highest BCUT2D eigenvalue weighted by atomic mass is 35.5. The molecule has 0 saturated heterocycles. The third-order valence-electron chi connectivity index (χ3n) is 3.15. The number of nitrogens with zero attached hydrogens (tertiary/aromatic N) is 3. The van der Waals surface area contributed by atoms with Crippen LogP contribution in [0.25, 0.3) is 11.3 Å². The number of hydrogen-bond acceptors (Lipinski definition) is 8. The Morgan fingerprint density at radius 3 is 2.88 bits per heavy atom. The van der Waals surface area contributed by atoms with Crippen LogP contribution in [-0.2, 0) is 0 Å². The lowest BCUT2D eigenvalue weighted by atomic mass is 10.2. The van der Waals surface area contributed by atoms with Crippen molar-refractivity contribution in [2.75, 3.05) is 12.8 Å². The van der Waals surface area contributed by atoms with Gasteiger partial charge in [-0.3, -0.25) is 4.79 Å². The van der Waals surface area contributed by atoms with Crippen molar-refractivity contribution < 1.29 is 18.6 Å². The van der Waals surface area contributed by atoms with Crippen LogP contribution in [-0.4, -0.2) is 29.5 Å². The Kier molecular flexibility index (Phi) is 4.66. The minimum atomic E-state index is -0.649. The van der Waals surface area contributed by atoms with Gasteiger partial charge in [-0.25, -0.2) is 10.1 Å². The average Bonchev–Trinajstić information content (AvgIpc) is 3.23. The van der Waals surface area contributed by atoms with Gasteiger partial charge in [-0.15, -0.1) is 0 Å². The van der Waals surface area contributed by atoms with Crippen molar-refractivity contribution in [1.29, 1.82) is 0 Å². The van der Waals surface area contributed by atoms with Gasteiger partial charge in [0.25, 0.3) is 5.91 Å². The molecular weight excluding hydrogens is 350 g/mol. The Morgan fingerprint density at radius 1 is 1.36 bits per heavy atom. The van der Waals surface area contributed by atoms with Gasteiger partial charge in [0.1, 0.15) is 17.3 Å². The zero-order valence-electron chi connectivity index (χ0n) is 12.9. The van der Waals surface area contributed by atoms with Crippen LogP contribution in [0.3, 0.4) is 0 Å². The molecule has 1 amide bonds. The number of methoxy groups -OCH3 is 1. The minimum absolute atomic E-state index is 0.121. The molecule has 3 N–H and O–H groups in total. The van der Waals surface area contributed by atoms with Crippen LogP contribution >= 0.6 is 11.6 Å². The first-order valence-corrected chi connectivity index (χ1v) is 7.31. The number of aromatic nitrogens is 2. The van der Waals surface area contributed by atoms with Crippen LogP contribution in [0.15, 0.2) is 44.5 Å².